The lowest BCUT2D eigenvalue weighted by atomic mass is 10.0. The van der Waals surface area contributed by atoms with E-state index >= 15 is 0 Å². The second-order valence-corrected chi connectivity index (χ2v) is 4.50. The van der Waals surface area contributed by atoms with Gasteiger partial charge in [-0.25, -0.2) is 0 Å². The zero-order chi connectivity index (χ0) is 11.0. The number of carbonyl (C=O) groups is 1. The summed E-state index contributed by atoms with van der Waals surface area (Å²) in [5, 5.41) is 1.99. The van der Waals surface area contributed by atoms with Crippen molar-refractivity contribution in [3.8, 4) is 0 Å². The summed E-state index contributed by atoms with van der Waals surface area (Å²) in [4.78, 5) is 17.8. The number of nitrogens with zero attached hydrogens (tertiary/aromatic N) is 1. The van der Waals surface area contributed by atoms with E-state index in [0.29, 0.717) is 6.04 Å². The number of rotatable bonds is 2. The Morgan fingerprint density at radius 1 is 1.31 bits per heavy atom. The highest BCUT2D eigenvalue weighted by atomic mass is 16.7. The van der Waals surface area contributed by atoms with Gasteiger partial charge in [0.15, 0.2) is 5.78 Å². The first-order chi connectivity index (χ1) is 7.84. The first kappa shape index (κ1) is 10.00. The van der Waals surface area contributed by atoms with Crippen LogP contribution >= 0.6 is 0 Å². The van der Waals surface area contributed by atoms with E-state index in [1.807, 2.05) is 35.4 Å². The van der Waals surface area contributed by atoms with Crippen LogP contribution in [0.1, 0.15) is 29.6 Å². The fourth-order valence-corrected chi connectivity index (χ4v) is 2.58. The lowest BCUT2D eigenvalue weighted by Gasteiger charge is -2.13. The molecule has 0 aromatic heterocycles. The van der Waals surface area contributed by atoms with Gasteiger partial charge in [0.2, 0.25) is 0 Å². The minimum Gasteiger partial charge on any atom is -0.291 e. The molecule has 3 rings (SSSR count). The van der Waals surface area contributed by atoms with E-state index in [2.05, 4.69) is 0 Å². The molecule has 2 unspecified atom stereocenters. The van der Waals surface area contributed by atoms with Crippen molar-refractivity contribution in [1.29, 1.82) is 0 Å². The van der Waals surface area contributed by atoms with Crippen molar-refractivity contribution in [2.24, 2.45) is 0 Å². The molecule has 2 aliphatic heterocycles. The molecule has 1 aromatic carbocycles. The molecule has 0 radical (unpaired) electrons. The Bertz CT molecular complexity index is 378. The van der Waals surface area contributed by atoms with E-state index in [4.69, 9.17) is 4.84 Å². The predicted octanol–water partition coefficient (Wildman–Crippen LogP) is 2.04. The Balaban J connectivity index is 1.73. The molecule has 0 N–H and O–H groups in total. The number of carbonyl (C=O) groups excluding carboxylic acids is 1. The topological polar surface area (TPSA) is 29.5 Å². The van der Waals surface area contributed by atoms with E-state index in [-0.39, 0.29) is 11.9 Å². The zero-order valence-corrected chi connectivity index (χ0v) is 9.13. The van der Waals surface area contributed by atoms with Crippen LogP contribution in [0.5, 0.6) is 0 Å². The summed E-state index contributed by atoms with van der Waals surface area (Å²) >= 11 is 0. The van der Waals surface area contributed by atoms with Gasteiger partial charge in [-0.15, -0.1) is 0 Å². The molecular weight excluding hydrogens is 202 g/mol. The van der Waals surface area contributed by atoms with Gasteiger partial charge in [0.05, 0.1) is 0 Å². The summed E-state index contributed by atoms with van der Waals surface area (Å²) in [6, 6.07) is 9.89. The molecule has 0 saturated carbocycles. The third-order valence-corrected chi connectivity index (χ3v) is 3.42. The van der Waals surface area contributed by atoms with Gasteiger partial charge in [0, 0.05) is 24.6 Å². The van der Waals surface area contributed by atoms with Crippen molar-refractivity contribution in [2.45, 2.75) is 31.4 Å². The Morgan fingerprint density at radius 3 is 2.88 bits per heavy atom. The minimum atomic E-state index is -0.257. The van der Waals surface area contributed by atoms with Crippen LogP contribution in [-0.4, -0.2) is 29.5 Å². The molecule has 0 spiro atoms. The summed E-state index contributed by atoms with van der Waals surface area (Å²) < 4.78 is 0. The van der Waals surface area contributed by atoms with Crippen LogP contribution in [0.15, 0.2) is 30.3 Å². The maximum Gasteiger partial charge on any atom is 0.193 e. The average molecular weight is 217 g/mol. The third kappa shape index (κ3) is 1.66. The summed E-state index contributed by atoms with van der Waals surface area (Å²) in [5.74, 6) is 0.120. The van der Waals surface area contributed by atoms with Gasteiger partial charge in [-0.2, -0.15) is 5.06 Å². The summed E-state index contributed by atoms with van der Waals surface area (Å²) in [6.45, 7) is 0.975. The van der Waals surface area contributed by atoms with E-state index in [0.717, 1.165) is 18.5 Å². The quantitative estimate of drug-likeness (QED) is 0.710. The highest BCUT2D eigenvalue weighted by Crippen LogP contribution is 2.31. The summed E-state index contributed by atoms with van der Waals surface area (Å²) in [6.07, 6.45) is 2.95. The van der Waals surface area contributed by atoms with Crippen molar-refractivity contribution in [2.75, 3.05) is 6.54 Å². The Labute approximate surface area is 95.0 Å². The van der Waals surface area contributed by atoms with Crippen LogP contribution in [0, 0.1) is 0 Å². The monoisotopic (exact) mass is 217 g/mol. The smallest absolute Gasteiger partial charge is 0.193 e. The molecule has 2 heterocycles. The van der Waals surface area contributed by atoms with Crippen LogP contribution in [-0.2, 0) is 4.84 Å². The maximum atomic E-state index is 12.1. The van der Waals surface area contributed by atoms with Gasteiger partial charge in [0.1, 0.15) is 6.10 Å². The highest BCUT2D eigenvalue weighted by molar-refractivity contribution is 5.99. The maximum absolute atomic E-state index is 12.1. The second kappa shape index (κ2) is 4.00. The van der Waals surface area contributed by atoms with Crippen LogP contribution in [0.4, 0.5) is 0 Å². The normalized spacial score (nSPS) is 29.2. The minimum absolute atomic E-state index is 0.120. The molecule has 0 aliphatic carbocycles. The molecule has 2 aliphatic rings. The molecule has 0 bridgehead atoms. The number of hydroxylamine groups is 2. The van der Waals surface area contributed by atoms with E-state index in [1.165, 1.54) is 12.8 Å². The molecule has 3 nitrogen and oxygen atoms in total. The molecule has 3 heteroatoms. The first-order valence-electron chi connectivity index (χ1n) is 5.87. The molecule has 2 fully saturated rings. The molecule has 1 aromatic rings. The lowest BCUT2D eigenvalue weighted by molar-refractivity contribution is -0.135. The number of hydrogen-bond donors (Lipinski definition) is 0. The molecule has 16 heavy (non-hydrogen) atoms. The molecule has 2 atom stereocenters. The number of ketones is 1. The van der Waals surface area contributed by atoms with Crippen LogP contribution in [0.25, 0.3) is 0 Å². The zero-order valence-electron chi connectivity index (χ0n) is 9.13. The van der Waals surface area contributed by atoms with Crippen LogP contribution in [0.3, 0.4) is 0 Å². The number of benzene rings is 1. The van der Waals surface area contributed by atoms with E-state index in [1.54, 1.807) is 0 Å². The fraction of sp³-hybridized carbons (Fsp3) is 0.462. The van der Waals surface area contributed by atoms with Gasteiger partial charge < -0.3 is 0 Å². The number of fused-ring (bicyclic) bond motifs is 1. The fourth-order valence-electron chi connectivity index (χ4n) is 2.58. The molecule has 0 amide bonds. The lowest BCUT2D eigenvalue weighted by Crippen LogP contribution is -2.24. The second-order valence-electron chi connectivity index (χ2n) is 4.50. The largest absolute Gasteiger partial charge is 0.291 e. The van der Waals surface area contributed by atoms with Gasteiger partial charge in [-0.1, -0.05) is 30.3 Å². The Morgan fingerprint density at radius 2 is 2.12 bits per heavy atom. The Kier molecular flexibility index (Phi) is 2.50. The third-order valence-electron chi connectivity index (χ3n) is 3.42. The van der Waals surface area contributed by atoms with Crippen molar-refractivity contribution in [1.82, 2.24) is 5.06 Å². The summed E-state index contributed by atoms with van der Waals surface area (Å²) in [7, 11) is 0. The molecule has 2 saturated heterocycles. The van der Waals surface area contributed by atoms with Crippen molar-refractivity contribution < 1.29 is 9.63 Å². The van der Waals surface area contributed by atoms with Crippen LogP contribution < -0.4 is 0 Å². The van der Waals surface area contributed by atoms with Crippen molar-refractivity contribution >= 4 is 5.78 Å². The van der Waals surface area contributed by atoms with E-state index < -0.39 is 0 Å². The van der Waals surface area contributed by atoms with Gasteiger partial charge in [-0.05, 0) is 12.8 Å². The van der Waals surface area contributed by atoms with Gasteiger partial charge >= 0.3 is 0 Å². The average Bonchev–Trinajstić information content (AvgIpc) is 2.89. The van der Waals surface area contributed by atoms with Gasteiger partial charge in [0.25, 0.3) is 0 Å². The van der Waals surface area contributed by atoms with Gasteiger partial charge in [-0.3, -0.25) is 9.63 Å². The molecule has 84 valence electrons. The first-order valence-corrected chi connectivity index (χ1v) is 5.87. The van der Waals surface area contributed by atoms with Crippen molar-refractivity contribution in [3.63, 3.8) is 0 Å². The Hall–Kier alpha value is -1.19. The number of Topliss-reactive ketones (excluding diaryl/α,β-unsaturated/α-hetero) is 1. The van der Waals surface area contributed by atoms with E-state index in [9.17, 15) is 4.79 Å². The standard InChI is InChI=1S/C13H15NO2/c15-13(10-5-2-1-3-6-10)12-9-11-7-4-8-14(11)16-12/h1-3,5-6,11-12H,4,7-9H2. The SMILES string of the molecule is O=C(c1ccccc1)C1CC2CCCN2O1. The number of hydrogen-bond acceptors (Lipinski definition) is 3. The summed E-state index contributed by atoms with van der Waals surface area (Å²) in [5.41, 5.74) is 0.758. The highest BCUT2D eigenvalue weighted by Gasteiger charge is 2.40. The van der Waals surface area contributed by atoms with Crippen LogP contribution in [0.2, 0.25) is 0 Å². The predicted molar refractivity (Wildman–Crippen MR) is 60.0 cm³/mol. The molecular formula is C13H15NO2. The van der Waals surface area contributed by atoms with Crippen molar-refractivity contribution in [3.05, 3.63) is 35.9 Å².